The number of amides is 4. The summed E-state index contributed by atoms with van der Waals surface area (Å²) in [5, 5.41) is 12.9. The zero-order valence-electron chi connectivity index (χ0n) is 33.9. The van der Waals surface area contributed by atoms with Crippen LogP contribution in [0.1, 0.15) is 47.0 Å². The molecule has 3 heterocycles. The van der Waals surface area contributed by atoms with Gasteiger partial charge in [0.25, 0.3) is 23.6 Å². The summed E-state index contributed by atoms with van der Waals surface area (Å²) in [5.41, 5.74) is 1.26. The van der Waals surface area contributed by atoms with E-state index in [1.165, 1.54) is 44.6 Å². The van der Waals surface area contributed by atoms with Crippen LogP contribution in [-0.2, 0) is 19.1 Å². The summed E-state index contributed by atoms with van der Waals surface area (Å²) in [6.07, 6.45) is 0. The number of esters is 2. The summed E-state index contributed by atoms with van der Waals surface area (Å²) in [6, 6.07) is 31.0. The van der Waals surface area contributed by atoms with Crippen molar-refractivity contribution in [3.05, 3.63) is 143 Å². The van der Waals surface area contributed by atoms with Crippen molar-refractivity contribution < 1.29 is 47.7 Å². The summed E-state index contributed by atoms with van der Waals surface area (Å²) in [6.45, 7) is 0.393. The van der Waals surface area contributed by atoms with Gasteiger partial charge in [-0.1, -0.05) is 60.7 Å². The van der Waals surface area contributed by atoms with Gasteiger partial charge in [0.05, 0.1) is 14.2 Å². The molecule has 8 rings (SSSR count). The molecule has 2 aromatic heterocycles. The average Bonchev–Trinajstić information content (AvgIpc) is 3.28. The fourth-order valence-electron chi connectivity index (χ4n) is 7.18. The maximum atomic E-state index is 13.7. The molecule has 314 valence electrons. The molecule has 0 saturated carbocycles. The summed E-state index contributed by atoms with van der Waals surface area (Å²) in [7, 11) is 2.40. The van der Waals surface area contributed by atoms with Crippen LogP contribution in [-0.4, -0.2) is 73.0 Å². The van der Waals surface area contributed by atoms with Crippen LogP contribution in [0.4, 0.5) is 23.3 Å². The monoisotopic (exact) mass is 844 g/mol. The summed E-state index contributed by atoms with van der Waals surface area (Å²) < 4.78 is 23.1. The second-order valence-corrected chi connectivity index (χ2v) is 14.2. The number of aromatic nitrogens is 2. The van der Waals surface area contributed by atoms with Crippen LogP contribution < -0.4 is 30.7 Å². The van der Waals surface area contributed by atoms with Crippen molar-refractivity contribution in [1.29, 1.82) is 0 Å². The molecule has 1 aliphatic rings. The number of methoxy groups -OCH3 is 2. The molecule has 16 heteroatoms. The van der Waals surface area contributed by atoms with Crippen molar-refractivity contribution >= 4 is 80.4 Å². The molecule has 63 heavy (non-hydrogen) atoms. The number of nitrogens with zero attached hydrogens (tertiary/aromatic N) is 2. The normalized spacial score (nSPS) is 13.3. The van der Waals surface area contributed by atoms with E-state index < -0.39 is 48.8 Å². The van der Waals surface area contributed by atoms with E-state index in [0.29, 0.717) is 27.1 Å². The first kappa shape index (κ1) is 41.1. The Morgan fingerprint density at radius 1 is 0.524 bits per heavy atom. The predicted molar refractivity (Wildman–Crippen MR) is 233 cm³/mol. The van der Waals surface area contributed by atoms with Gasteiger partial charge in [-0.05, 0) is 88.6 Å². The summed E-state index contributed by atoms with van der Waals surface area (Å²) in [4.78, 5) is 90.3. The Hall–Kier alpha value is -8.66. The highest BCUT2D eigenvalue weighted by atomic mass is 16.5. The first-order chi connectivity index (χ1) is 30.5. The van der Waals surface area contributed by atoms with E-state index in [2.05, 4.69) is 31.2 Å². The smallest absolute Gasteiger partial charge is 0.341 e. The van der Waals surface area contributed by atoms with Crippen molar-refractivity contribution in [1.82, 2.24) is 9.97 Å². The number of fused-ring (bicyclic) bond motifs is 13. The van der Waals surface area contributed by atoms with Crippen molar-refractivity contribution in [2.75, 3.05) is 48.7 Å². The van der Waals surface area contributed by atoms with Crippen LogP contribution in [0.15, 0.2) is 115 Å². The number of benzene rings is 5. The minimum Gasteiger partial charge on any atom is -0.482 e. The lowest BCUT2D eigenvalue weighted by Gasteiger charge is -2.23. The van der Waals surface area contributed by atoms with Crippen LogP contribution in [0, 0.1) is 6.92 Å². The largest absolute Gasteiger partial charge is 0.482 e. The van der Waals surface area contributed by atoms with Crippen LogP contribution in [0.5, 0.6) is 11.5 Å². The van der Waals surface area contributed by atoms with E-state index in [4.69, 9.17) is 18.9 Å². The Bertz CT molecular complexity index is 2840. The van der Waals surface area contributed by atoms with Gasteiger partial charge in [0.15, 0.2) is 13.2 Å². The third kappa shape index (κ3) is 8.67. The maximum Gasteiger partial charge on any atom is 0.341 e. The highest BCUT2D eigenvalue weighted by Crippen LogP contribution is 2.49. The number of carbonyl (C=O) groups is 6. The lowest BCUT2D eigenvalue weighted by molar-refractivity contribution is -0.118. The first-order valence-electron chi connectivity index (χ1n) is 19.3. The number of nitrogens with one attached hydrogen (secondary N) is 4. The minimum absolute atomic E-state index is 0.0589. The highest BCUT2D eigenvalue weighted by molar-refractivity contribution is 6.16. The summed E-state index contributed by atoms with van der Waals surface area (Å²) in [5.74, 6) is -4.04. The number of pyridine rings is 2. The SMILES string of the molecule is COC(=O)c1cc2ccccc2c2c1OCC(=O)Nc1cccc(n1)NC(=O)c1cc(C)cc(c1)C(=O)Nc1cccc(n1)NC(=O)COc1c(C(=O)OC)cc3ccccc3c1-2. The van der Waals surface area contributed by atoms with Gasteiger partial charge in [-0.15, -0.1) is 0 Å². The lowest BCUT2D eigenvalue weighted by atomic mass is 9.88. The number of aryl methyl sites for hydroxylation is 1. The fourth-order valence-corrected chi connectivity index (χ4v) is 7.18. The van der Waals surface area contributed by atoms with Crippen molar-refractivity contribution in [3.8, 4) is 22.6 Å². The molecule has 5 aromatic carbocycles. The number of carbonyl (C=O) groups excluding carboxylic acids is 6. The van der Waals surface area contributed by atoms with E-state index in [1.54, 1.807) is 91.9 Å². The minimum atomic E-state index is -0.798. The van der Waals surface area contributed by atoms with Crippen LogP contribution in [0.25, 0.3) is 32.7 Å². The lowest BCUT2D eigenvalue weighted by Crippen LogP contribution is -2.23. The molecule has 0 radical (unpaired) electrons. The number of rotatable bonds is 2. The second kappa shape index (κ2) is 17.5. The molecule has 0 aliphatic carbocycles. The highest BCUT2D eigenvalue weighted by Gasteiger charge is 2.30. The first-order valence-corrected chi connectivity index (χ1v) is 19.3. The van der Waals surface area contributed by atoms with E-state index in [1.807, 2.05) is 0 Å². The van der Waals surface area contributed by atoms with E-state index in [9.17, 15) is 28.8 Å². The topological polar surface area (TPSA) is 213 Å². The van der Waals surface area contributed by atoms with Gasteiger partial charge in [0.2, 0.25) is 0 Å². The number of hydrogen-bond acceptors (Lipinski definition) is 12. The molecule has 6 bridgehead atoms. The van der Waals surface area contributed by atoms with Gasteiger partial charge in [0, 0.05) is 22.3 Å². The number of anilines is 4. The van der Waals surface area contributed by atoms with E-state index >= 15 is 0 Å². The molecule has 0 unspecified atom stereocenters. The molecule has 1 aliphatic heterocycles. The predicted octanol–water partition coefficient (Wildman–Crippen LogP) is 7.18. The Kier molecular flexibility index (Phi) is 11.4. The molecule has 0 spiro atoms. The van der Waals surface area contributed by atoms with Crippen molar-refractivity contribution in [3.63, 3.8) is 0 Å². The Morgan fingerprint density at radius 3 is 1.33 bits per heavy atom. The third-order valence-corrected chi connectivity index (χ3v) is 9.88. The van der Waals surface area contributed by atoms with Crippen molar-refractivity contribution in [2.45, 2.75) is 6.92 Å². The summed E-state index contributed by atoms with van der Waals surface area (Å²) >= 11 is 0. The Morgan fingerprint density at radius 2 is 0.921 bits per heavy atom. The standard InChI is InChI=1S/C47H36N6O10/c1-25-18-28-20-29(19-25)45(57)53-37-17-9-15-35(49-37)51-39(55)24-63-43-33(47(59)61-3)22-27-11-5-7-13-31(27)41(43)40-30-12-6-4-10-26(30)21-32(46(58)60-2)42(40)62-23-38(54)50-34-14-8-16-36(48-34)52-44(28)56/h4-22H,23-24H2,1-3H3,(H2,48,50,52,54,56)(H2,49,51,53,55,57). The van der Waals surface area contributed by atoms with Gasteiger partial charge in [0.1, 0.15) is 45.9 Å². The van der Waals surface area contributed by atoms with E-state index in [0.717, 1.165) is 0 Å². The molecular formula is C47H36N6O10. The van der Waals surface area contributed by atoms with Crippen molar-refractivity contribution in [2.24, 2.45) is 0 Å². The zero-order valence-corrected chi connectivity index (χ0v) is 33.9. The quantitative estimate of drug-likeness (QED) is 0.127. The van der Waals surface area contributed by atoms with Gasteiger partial charge in [-0.3, -0.25) is 19.2 Å². The Balaban J connectivity index is 1.31. The maximum absolute atomic E-state index is 13.7. The van der Waals surface area contributed by atoms with Crippen LogP contribution in [0.2, 0.25) is 0 Å². The average molecular weight is 845 g/mol. The molecule has 0 saturated heterocycles. The van der Waals surface area contributed by atoms with Crippen LogP contribution >= 0.6 is 0 Å². The Labute approximate surface area is 358 Å². The van der Waals surface area contributed by atoms with Gasteiger partial charge >= 0.3 is 11.9 Å². The molecule has 0 fully saturated rings. The van der Waals surface area contributed by atoms with Gasteiger partial charge < -0.3 is 40.2 Å². The molecule has 4 amide bonds. The third-order valence-electron chi connectivity index (χ3n) is 9.88. The van der Waals surface area contributed by atoms with Gasteiger partial charge in [-0.25, -0.2) is 19.6 Å². The number of ether oxygens (including phenoxy) is 4. The molecular weight excluding hydrogens is 809 g/mol. The molecule has 7 aromatic rings. The van der Waals surface area contributed by atoms with Gasteiger partial charge in [-0.2, -0.15) is 0 Å². The molecule has 0 atom stereocenters. The zero-order chi connectivity index (χ0) is 44.2. The fraction of sp³-hybridized carbons (Fsp3) is 0.106. The number of hydrogen-bond donors (Lipinski definition) is 4. The van der Waals surface area contributed by atoms with Crippen LogP contribution in [0.3, 0.4) is 0 Å². The molecule has 16 nitrogen and oxygen atoms in total. The molecule has 4 N–H and O–H groups in total. The van der Waals surface area contributed by atoms with E-state index in [-0.39, 0.29) is 68.2 Å². The second-order valence-electron chi connectivity index (χ2n) is 14.2.